The van der Waals surface area contributed by atoms with Crippen LogP contribution in [0.4, 0.5) is 0 Å². The number of nitrogens with one attached hydrogen (secondary N) is 4. The van der Waals surface area contributed by atoms with Crippen molar-refractivity contribution in [1.82, 2.24) is 21.0 Å². The van der Waals surface area contributed by atoms with E-state index in [0.29, 0.717) is 31.4 Å². The molecule has 1 rings (SSSR count). The second kappa shape index (κ2) is 19.7. The number of nitrogens with two attached hydrogens (primary N) is 1. The summed E-state index contributed by atoms with van der Waals surface area (Å²) in [4.78, 5) is 70.4. The average Bonchev–Trinajstić information content (AvgIpc) is 2.96. The number of hydrogen-bond acceptors (Lipinski definition) is 11. The molecule has 0 aromatic heterocycles. The predicted octanol–water partition coefficient (Wildman–Crippen LogP) is -2.54. The molecule has 248 valence electrons. The van der Waals surface area contributed by atoms with Crippen LogP contribution in [0.5, 0.6) is 5.75 Å². The minimum Gasteiger partial charge on any atom is -0.548 e. The largest absolute Gasteiger partial charge is 0.548 e. The van der Waals surface area contributed by atoms with Gasteiger partial charge < -0.3 is 51.1 Å². The van der Waals surface area contributed by atoms with E-state index < -0.39 is 74.6 Å². The van der Waals surface area contributed by atoms with Crippen LogP contribution in [0.1, 0.15) is 52.0 Å². The van der Waals surface area contributed by atoms with E-state index in [9.17, 15) is 43.6 Å². The third-order valence-electron chi connectivity index (χ3n) is 6.44. The number of carbonyl (C=O) groups is 5. The van der Waals surface area contributed by atoms with E-state index in [4.69, 9.17) is 15.0 Å². The lowest BCUT2D eigenvalue weighted by atomic mass is 9.98. The molecule has 0 heterocycles. The van der Waals surface area contributed by atoms with Crippen LogP contribution in [0, 0.1) is 5.92 Å². The summed E-state index contributed by atoms with van der Waals surface area (Å²) >= 11 is 0. The maximum atomic E-state index is 13.2. The molecule has 0 aliphatic carbocycles. The first-order chi connectivity index (χ1) is 20.7. The molecule has 0 radical (unpaired) electrons. The average molecular weight is 644 g/mol. The summed E-state index contributed by atoms with van der Waals surface area (Å²) in [5.74, 6) is -5.48. The highest BCUT2D eigenvalue weighted by molar-refractivity contribution is 7.50. The zero-order valence-electron chi connectivity index (χ0n) is 25.0. The number of carbonyl (C=O) groups excluding carboxylic acids is 5. The van der Waals surface area contributed by atoms with Crippen LogP contribution in [0.2, 0.25) is 0 Å². The minimum atomic E-state index is -4.34. The Labute approximate surface area is 256 Å². The fourth-order valence-electron chi connectivity index (χ4n) is 3.91. The molecule has 0 bridgehead atoms. The van der Waals surface area contributed by atoms with Crippen molar-refractivity contribution >= 4 is 37.4 Å². The van der Waals surface area contributed by atoms with Crippen LogP contribution in [-0.2, 0) is 39.5 Å². The smallest absolute Gasteiger partial charge is 0.403 e. The highest BCUT2D eigenvalue weighted by atomic mass is 31.2. The van der Waals surface area contributed by atoms with Gasteiger partial charge in [-0.05, 0) is 56.3 Å². The molecule has 16 nitrogen and oxygen atoms in total. The highest BCUT2D eigenvalue weighted by Gasteiger charge is 2.34. The van der Waals surface area contributed by atoms with Crippen molar-refractivity contribution in [3.8, 4) is 5.75 Å². The molecule has 1 aromatic carbocycles. The van der Waals surface area contributed by atoms with Crippen LogP contribution in [0.25, 0.3) is 0 Å². The van der Waals surface area contributed by atoms with Gasteiger partial charge in [-0.1, -0.05) is 32.4 Å². The number of unbranched alkanes of at least 4 members (excludes halogenated alkanes) is 1. The maximum Gasteiger partial charge on any atom is 0.403 e. The molecule has 3 amide bonds. The second-order valence-electron chi connectivity index (χ2n) is 9.94. The van der Waals surface area contributed by atoms with E-state index in [1.165, 1.54) is 31.2 Å². The molecule has 0 aliphatic rings. The monoisotopic (exact) mass is 643 g/mol. The van der Waals surface area contributed by atoms with Gasteiger partial charge in [0, 0.05) is 6.42 Å². The van der Waals surface area contributed by atoms with E-state index in [-0.39, 0.29) is 25.2 Å². The number of ether oxygens (including phenoxy) is 1. The number of rotatable bonds is 22. The topological polar surface area (TPSA) is 261 Å². The molecule has 17 heteroatoms. The quantitative estimate of drug-likeness (QED) is 0.0563. The zero-order valence-corrected chi connectivity index (χ0v) is 25.9. The van der Waals surface area contributed by atoms with E-state index in [1.807, 2.05) is 0 Å². The van der Waals surface area contributed by atoms with Crippen molar-refractivity contribution in [1.29, 1.82) is 0 Å². The standard InChI is InChI=1S/C27H44N5O11P/c1-4-17(3)24(32-44(40,41)43-5-2)26(37)31-21(25(36)29-15-23(34)35)14-18-9-11-19(12-10-18)42-16-22(33)30-20(27(38)39)8-6-7-13-28/h9-12,17,20-21,24H,4-8,13-16,28H2,1-3H3,(H,29,36)(H,30,33)(H,31,37)(H,34,35)(H,38,39)(H2,32,40,41)/p-2/t17-,20?,21?,24-/m0/s1. The Balaban J connectivity index is 2.97. The summed E-state index contributed by atoms with van der Waals surface area (Å²) in [6.07, 6.45) is 1.57. The van der Waals surface area contributed by atoms with Crippen molar-refractivity contribution in [2.24, 2.45) is 11.7 Å². The summed E-state index contributed by atoms with van der Waals surface area (Å²) in [5.41, 5.74) is 5.90. The van der Waals surface area contributed by atoms with Crippen LogP contribution in [-0.4, -0.2) is 79.0 Å². The Hall–Kier alpha value is -3.56. The molecule has 5 atom stereocenters. The first-order valence-corrected chi connectivity index (χ1v) is 15.8. The van der Waals surface area contributed by atoms with Crippen LogP contribution in [0.3, 0.4) is 0 Å². The molecule has 0 saturated carbocycles. The molecular weight excluding hydrogens is 601 g/mol. The van der Waals surface area contributed by atoms with Gasteiger partial charge in [-0.3, -0.25) is 18.9 Å². The molecule has 0 aliphatic heterocycles. The summed E-state index contributed by atoms with van der Waals surface area (Å²) < 4.78 is 22.5. The van der Waals surface area contributed by atoms with Crippen molar-refractivity contribution in [2.75, 3.05) is 26.3 Å². The van der Waals surface area contributed by atoms with Crippen LogP contribution >= 0.6 is 7.75 Å². The number of carboxylic acids is 2. The molecule has 1 aromatic rings. The number of carboxylic acid groups (broad SMARTS) is 2. The van der Waals surface area contributed by atoms with E-state index in [1.54, 1.807) is 13.8 Å². The summed E-state index contributed by atoms with van der Waals surface area (Å²) in [6.45, 7) is 3.93. The molecule has 44 heavy (non-hydrogen) atoms. The normalized spacial score (nSPS) is 15.1. The first kappa shape index (κ1) is 38.5. The van der Waals surface area contributed by atoms with Gasteiger partial charge in [-0.2, -0.15) is 0 Å². The Morgan fingerprint density at radius 3 is 2.20 bits per heavy atom. The predicted molar refractivity (Wildman–Crippen MR) is 153 cm³/mol. The van der Waals surface area contributed by atoms with Crippen molar-refractivity contribution < 1.29 is 52.9 Å². The van der Waals surface area contributed by atoms with Crippen LogP contribution in [0.15, 0.2) is 24.3 Å². The summed E-state index contributed by atoms with van der Waals surface area (Å²) in [5, 5.41) is 31.5. The molecule has 0 fully saturated rings. The highest BCUT2D eigenvalue weighted by Crippen LogP contribution is 2.38. The Kier molecular flexibility index (Phi) is 17.2. The van der Waals surface area contributed by atoms with Gasteiger partial charge in [0.25, 0.3) is 5.91 Å². The maximum absolute atomic E-state index is 13.2. The van der Waals surface area contributed by atoms with Crippen molar-refractivity contribution in [3.63, 3.8) is 0 Å². The lowest BCUT2D eigenvalue weighted by Gasteiger charge is -2.28. The number of benzene rings is 1. The van der Waals surface area contributed by atoms with Gasteiger partial charge in [0.2, 0.25) is 11.8 Å². The SMILES string of the molecule is CCOP(=O)(O)N[C@H](C(=O)NC(Cc1ccc(OCC(=O)NC(CCCCN)C(=O)[O-])cc1)C(=O)NCC(=O)[O-])[C@@H](C)CC. The second-order valence-corrected chi connectivity index (χ2v) is 11.5. The zero-order chi connectivity index (χ0) is 33.3. The van der Waals surface area contributed by atoms with Crippen molar-refractivity contribution in [2.45, 2.75) is 71.0 Å². The lowest BCUT2D eigenvalue weighted by molar-refractivity contribution is -0.308. The summed E-state index contributed by atoms with van der Waals surface area (Å²) in [7, 11) is -4.34. The van der Waals surface area contributed by atoms with Gasteiger partial charge in [-0.15, -0.1) is 0 Å². The van der Waals surface area contributed by atoms with E-state index >= 15 is 0 Å². The fourth-order valence-corrected chi connectivity index (χ4v) is 5.05. The molecular formula is C27H42N5O11P-2. The molecule has 0 spiro atoms. The Bertz CT molecular complexity index is 1150. The Morgan fingerprint density at radius 1 is 1.00 bits per heavy atom. The molecule has 0 saturated heterocycles. The molecule has 7 N–H and O–H groups in total. The third kappa shape index (κ3) is 14.8. The first-order valence-electron chi connectivity index (χ1n) is 14.2. The Morgan fingerprint density at radius 2 is 1.66 bits per heavy atom. The number of aliphatic carboxylic acids is 2. The van der Waals surface area contributed by atoms with Crippen LogP contribution < -0.4 is 41.7 Å². The number of hydrogen-bond donors (Lipinski definition) is 6. The summed E-state index contributed by atoms with van der Waals surface area (Å²) in [6, 6.07) is 2.33. The van der Waals surface area contributed by atoms with Crippen molar-refractivity contribution in [3.05, 3.63) is 29.8 Å². The van der Waals surface area contributed by atoms with Gasteiger partial charge in [0.1, 0.15) is 11.8 Å². The lowest BCUT2D eigenvalue weighted by Crippen LogP contribution is -2.55. The van der Waals surface area contributed by atoms with Gasteiger partial charge in [0.15, 0.2) is 6.61 Å². The van der Waals surface area contributed by atoms with Gasteiger partial charge in [0.05, 0.1) is 37.2 Å². The van der Waals surface area contributed by atoms with E-state index in [0.717, 1.165) is 0 Å². The van der Waals surface area contributed by atoms with Gasteiger partial charge >= 0.3 is 7.75 Å². The minimum absolute atomic E-state index is 0.0934. The van der Waals surface area contributed by atoms with E-state index in [2.05, 4.69) is 21.0 Å². The third-order valence-corrected chi connectivity index (χ3v) is 7.65. The number of amides is 3. The molecule has 3 unspecified atom stereocenters. The van der Waals surface area contributed by atoms with Gasteiger partial charge in [-0.25, -0.2) is 9.65 Å². The fraction of sp³-hybridized carbons (Fsp3) is 0.593.